The van der Waals surface area contributed by atoms with Gasteiger partial charge in [-0.05, 0) is 48.9 Å². The van der Waals surface area contributed by atoms with E-state index in [0.29, 0.717) is 22.0 Å². The minimum absolute atomic E-state index is 0.0962. The van der Waals surface area contributed by atoms with Crippen molar-refractivity contribution in [1.29, 1.82) is 0 Å². The van der Waals surface area contributed by atoms with Gasteiger partial charge in [0.15, 0.2) is 0 Å². The minimum Gasteiger partial charge on any atom is -0.497 e. The number of benzene rings is 2. The number of methoxy groups -OCH3 is 1. The van der Waals surface area contributed by atoms with Crippen molar-refractivity contribution in [3.63, 3.8) is 0 Å². The number of halogens is 1. The van der Waals surface area contributed by atoms with E-state index in [-0.39, 0.29) is 11.4 Å². The van der Waals surface area contributed by atoms with Gasteiger partial charge in [-0.15, -0.1) is 0 Å². The summed E-state index contributed by atoms with van der Waals surface area (Å²) in [5.74, 6) is 0.0668. The second kappa shape index (κ2) is 7.65. The molecule has 128 valence electrons. The third kappa shape index (κ3) is 4.70. The number of rotatable bonds is 6. The van der Waals surface area contributed by atoms with Gasteiger partial charge in [-0.3, -0.25) is 4.79 Å². The van der Waals surface area contributed by atoms with Gasteiger partial charge in [0.1, 0.15) is 5.75 Å². The Labute approximate surface area is 145 Å². The van der Waals surface area contributed by atoms with Crippen LogP contribution in [-0.4, -0.2) is 28.0 Å². The van der Waals surface area contributed by atoms with Crippen molar-refractivity contribution in [2.24, 2.45) is 0 Å². The van der Waals surface area contributed by atoms with Gasteiger partial charge in [0.05, 0.1) is 18.6 Å². The zero-order valence-electron chi connectivity index (χ0n) is 13.2. The van der Waals surface area contributed by atoms with Gasteiger partial charge >= 0.3 is 0 Å². The molecule has 2 N–H and O–H groups in total. The third-order valence-corrected chi connectivity index (χ3v) is 5.00. The summed E-state index contributed by atoms with van der Waals surface area (Å²) in [6.07, 6.45) is 0. The summed E-state index contributed by atoms with van der Waals surface area (Å²) in [4.78, 5) is 12.0. The van der Waals surface area contributed by atoms with Crippen molar-refractivity contribution in [2.45, 2.75) is 11.8 Å². The first kappa shape index (κ1) is 18.3. The highest BCUT2D eigenvalue weighted by atomic mass is 35.5. The van der Waals surface area contributed by atoms with E-state index in [1.54, 1.807) is 43.3 Å². The van der Waals surface area contributed by atoms with E-state index < -0.39 is 15.9 Å². The van der Waals surface area contributed by atoms with E-state index in [0.717, 1.165) is 0 Å². The molecule has 1 amide bonds. The Morgan fingerprint density at radius 2 is 1.96 bits per heavy atom. The maximum atomic E-state index is 12.3. The van der Waals surface area contributed by atoms with Gasteiger partial charge < -0.3 is 10.1 Å². The molecule has 0 bridgehead atoms. The van der Waals surface area contributed by atoms with Crippen LogP contribution in [0.1, 0.15) is 5.56 Å². The van der Waals surface area contributed by atoms with Gasteiger partial charge in [-0.25, -0.2) is 13.1 Å². The number of hydrogen-bond acceptors (Lipinski definition) is 4. The van der Waals surface area contributed by atoms with E-state index in [4.69, 9.17) is 16.3 Å². The fourth-order valence-corrected chi connectivity index (χ4v) is 3.46. The van der Waals surface area contributed by atoms with Crippen molar-refractivity contribution in [1.82, 2.24) is 4.72 Å². The molecule has 24 heavy (non-hydrogen) atoms. The molecule has 0 spiro atoms. The van der Waals surface area contributed by atoms with E-state index in [1.165, 1.54) is 13.2 Å². The van der Waals surface area contributed by atoms with Gasteiger partial charge in [0.25, 0.3) is 0 Å². The van der Waals surface area contributed by atoms with Crippen LogP contribution in [0, 0.1) is 6.92 Å². The van der Waals surface area contributed by atoms with E-state index >= 15 is 0 Å². The van der Waals surface area contributed by atoms with Gasteiger partial charge in [-0.2, -0.15) is 0 Å². The number of amides is 1. The standard InChI is InChI=1S/C16H17ClN2O4S/c1-11-8-14(23-2)6-7-15(11)24(21,22)18-10-16(20)19-13-5-3-4-12(17)9-13/h3-9,18H,10H2,1-2H3,(H,19,20). The number of aryl methyl sites for hydroxylation is 1. The Hall–Kier alpha value is -2.09. The first-order chi connectivity index (χ1) is 11.3. The van der Waals surface area contributed by atoms with Crippen LogP contribution in [-0.2, 0) is 14.8 Å². The fraction of sp³-hybridized carbons (Fsp3) is 0.188. The molecule has 2 aromatic rings. The van der Waals surface area contributed by atoms with Crippen molar-refractivity contribution < 1.29 is 17.9 Å². The van der Waals surface area contributed by atoms with Gasteiger partial charge in [0, 0.05) is 10.7 Å². The Morgan fingerprint density at radius 1 is 1.21 bits per heavy atom. The quantitative estimate of drug-likeness (QED) is 0.820. The van der Waals surface area contributed by atoms with Crippen molar-refractivity contribution in [3.05, 3.63) is 53.1 Å². The highest BCUT2D eigenvalue weighted by Gasteiger charge is 2.18. The molecular weight excluding hydrogens is 352 g/mol. The van der Waals surface area contributed by atoms with Crippen LogP contribution in [0.2, 0.25) is 5.02 Å². The largest absolute Gasteiger partial charge is 0.497 e. The van der Waals surface area contributed by atoms with E-state index in [2.05, 4.69) is 10.0 Å². The Morgan fingerprint density at radius 3 is 2.58 bits per heavy atom. The van der Waals surface area contributed by atoms with E-state index in [1.807, 2.05) is 0 Å². The predicted molar refractivity (Wildman–Crippen MR) is 93.0 cm³/mol. The highest BCUT2D eigenvalue weighted by molar-refractivity contribution is 7.89. The number of ether oxygens (including phenoxy) is 1. The molecule has 0 heterocycles. The zero-order valence-corrected chi connectivity index (χ0v) is 14.7. The molecule has 2 rings (SSSR count). The lowest BCUT2D eigenvalue weighted by Crippen LogP contribution is -2.33. The molecule has 0 aliphatic rings. The summed E-state index contributed by atoms with van der Waals surface area (Å²) >= 11 is 5.83. The van der Waals surface area contributed by atoms with Crippen LogP contribution in [0.15, 0.2) is 47.4 Å². The molecular formula is C16H17ClN2O4S. The number of carbonyl (C=O) groups is 1. The smallest absolute Gasteiger partial charge is 0.241 e. The Kier molecular flexibility index (Phi) is 5.82. The summed E-state index contributed by atoms with van der Waals surface area (Å²) in [6, 6.07) is 11.2. The lowest BCUT2D eigenvalue weighted by atomic mass is 10.2. The molecule has 0 radical (unpaired) electrons. The number of sulfonamides is 1. The number of anilines is 1. The summed E-state index contributed by atoms with van der Waals surface area (Å²) in [5.41, 5.74) is 1.02. The van der Waals surface area contributed by atoms with Crippen molar-refractivity contribution >= 4 is 33.2 Å². The monoisotopic (exact) mass is 368 g/mol. The molecule has 0 saturated carbocycles. The second-order valence-electron chi connectivity index (χ2n) is 5.01. The fourth-order valence-electron chi connectivity index (χ4n) is 2.06. The maximum absolute atomic E-state index is 12.3. The van der Waals surface area contributed by atoms with Crippen LogP contribution < -0.4 is 14.8 Å². The average molecular weight is 369 g/mol. The predicted octanol–water partition coefficient (Wildman–Crippen LogP) is 2.57. The van der Waals surface area contributed by atoms with E-state index in [9.17, 15) is 13.2 Å². The molecule has 0 aliphatic carbocycles. The lowest BCUT2D eigenvalue weighted by molar-refractivity contribution is -0.115. The van der Waals surface area contributed by atoms with Crippen molar-refractivity contribution in [2.75, 3.05) is 19.0 Å². The third-order valence-electron chi connectivity index (χ3n) is 3.20. The zero-order chi connectivity index (χ0) is 17.7. The Bertz CT molecular complexity index is 853. The SMILES string of the molecule is COc1ccc(S(=O)(=O)NCC(=O)Nc2cccc(Cl)c2)c(C)c1. The maximum Gasteiger partial charge on any atom is 0.241 e. The molecule has 6 nitrogen and oxygen atoms in total. The minimum atomic E-state index is -3.80. The molecule has 0 aliphatic heterocycles. The van der Waals surface area contributed by atoms with Crippen LogP contribution in [0.4, 0.5) is 5.69 Å². The lowest BCUT2D eigenvalue weighted by Gasteiger charge is -2.11. The molecule has 0 saturated heterocycles. The first-order valence-electron chi connectivity index (χ1n) is 7.01. The van der Waals surface area contributed by atoms with Crippen LogP contribution in [0.3, 0.4) is 0 Å². The number of carbonyl (C=O) groups excluding carboxylic acids is 1. The average Bonchev–Trinajstić information content (AvgIpc) is 2.52. The van der Waals surface area contributed by atoms with Crippen LogP contribution in [0.5, 0.6) is 5.75 Å². The summed E-state index contributed by atoms with van der Waals surface area (Å²) in [7, 11) is -2.30. The topological polar surface area (TPSA) is 84.5 Å². The second-order valence-corrected chi connectivity index (χ2v) is 7.19. The highest BCUT2D eigenvalue weighted by Crippen LogP contribution is 2.20. The van der Waals surface area contributed by atoms with Crippen molar-refractivity contribution in [3.8, 4) is 5.75 Å². The molecule has 0 atom stereocenters. The summed E-state index contributed by atoms with van der Waals surface area (Å²) in [5, 5.41) is 3.04. The van der Waals surface area contributed by atoms with Gasteiger partial charge in [0.2, 0.25) is 15.9 Å². The van der Waals surface area contributed by atoms with Crippen LogP contribution in [0.25, 0.3) is 0 Å². The number of nitrogens with one attached hydrogen (secondary N) is 2. The molecule has 0 fully saturated rings. The normalized spacial score (nSPS) is 11.1. The Balaban J connectivity index is 2.03. The molecule has 0 unspecified atom stereocenters. The molecule has 2 aromatic carbocycles. The van der Waals surface area contributed by atoms with Gasteiger partial charge in [-0.1, -0.05) is 17.7 Å². The van der Waals surface area contributed by atoms with Crippen LogP contribution >= 0.6 is 11.6 Å². The molecule has 0 aromatic heterocycles. The first-order valence-corrected chi connectivity index (χ1v) is 8.87. The number of hydrogen-bond donors (Lipinski definition) is 2. The summed E-state index contributed by atoms with van der Waals surface area (Å²) in [6.45, 7) is 1.27. The summed E-state index contributed by atoms with van der Waals surface area (Å²) < 4.78 is 31.9. The molecule has 8 heteroatoms.